The van der Waals surface area contributed by atoms with E-state index in [1.165, 1.54) is 0 Å². The second kappa shape index (κ2) is 33.9. The molecule has 5 fully saturated rings. The Balaban J connectivity index is 0.778. The first kappa shape index (κ1) is 71.0. The van der Waals surface area contributed by atoms with Crippen LogP contribution in [0.2, 0.25) is 0 Å². The summed E-state index contributed by atoms with van der Waals surface area (Å²) < 4.78 is 0. The molecule has 10 atom stereocenters. The van der Waals surface area contributed by atoms with Gasteiger partial charge in [-0.25, -0.2) is 0 Å². The Kier molecular flexibility index (Phi) is 25.6. The third-order valence-corrected chi connectivity index (χ3v) is 21.6. The molecule has 19 nitrogen and oxygen atoms in total. The number of Topliss-reactive ketones (excluding diaryl/α,β-unsaturated/α-hetero) is 1. The molecule has 4 aromatic carbocycles. The molecule has 1 saturated carbocycles. The number of ketones is 1. The predicted molar refractivity (Wildman–Crippen MR) is 361 cm³/mol. The van der Waals surface area contributed by atoms with Gasteiger partial charge in [0, 0.05) is 50.1 Å². The summed E-state index contributed by atoms with van der Waals surface area (Å²) in [5.74, 6) is -2.72. The lowest BCUT2D eigenvalue weighted by molar-refractivity contribution is -0.145. The van der Waals surface area contributed by atoms with Crippen LogP contribution in [0.15, 0.2) is 121 Å². The van der Waals surface area contributed by atoms with Crippen LogP contribution in [0.25, 0.3) is 0 Å². The number of fused-ring (bicyclic) bond motifs is 2. The van der Waals surface area contributed by atoms with Crippen molar-refractivity contribution in [1.82, 2.24) is 47.0 Å². The Morgan fingerprint density at radius 3 is 1.23 bits per heavy atom. The van der Waals surface area contributed by atoms with Crippen LogP contribution in [0, 0.1) is 23.7 Å². The molecule has 7 amide bonds. The van der Waals surface area contributed by atoms with Crippen molar-refractivity contribution >= 4 is 47.1 Å². The number of aliphatic hydroxyl groups is 2. The highest BCUT2D eigenvalue weighted by atomic mass is 16.3. The van der Waals surface area contributed by atoms with Crippen molar-refractivity contribution < 1.29 is 48.6 Å². The summed E-state index contributed by atoms with van der Waals surface area (Å²) in [5.41, 5.74) is -0.756. The Morgan fingerprint density at radius 1 is 0.479 bits per heavy atom. The van der Waals surface area contributed by atoms with Crippen molar-refractivity contribution in [2.45, 2.75) is 215 Å². The summed E-state index contributed by atoms with van der Waals surface area (Å²) in [6, 6.07) is 31.8. The Labute approximate surface area is 555 Å². The molecule has 0 unspecified atom stereocenters. The van der Waals surface area contributed by atoms with Gasteiger partial charge in [-0.15, -0.1) is 0 Å². The minimum atomic E-state index is -1.64. The summed E-state index contributed by atoms with van der Waals surface area (Å²) in [5, 5.41) is 42.5. The molecule has 4 heterocycles. The van der Waals surface area contributed by atoms with E-state index in [4.69, 9.17) is 0 Å². The standard InChI is InChI=1S/C75H103N9O10/c1-5-60(76-3)67(88)79-65-52(48-85)39-41-58-43-45-62(83(58)71(65)92)69(90)81-74(54-26-13-8-14-27-54,55-28-15-9-16-29-55)64(87)34-21-7-12-24-50-35-37-51(38-36-50)25-22-23-47-78-73(94)75(56-30-17-10-18-31-56,57-32-19-11-20-33-57)82-70(91)63-46-44-59-42-40-53(49-86)66(72(93)84(59)63)80-68(89)61(6-2)77-4/h8-11,13-20,26-33,50-53,58-63,65-66,76-77,85-86H,5-7,12,21-25,34-49H2,1-4H3,(H,78,94)(H,79,88)(H,80,89)(H,81,90)(H,82,91)/t50?,51?,52-,53-,58+,59+,60+,61+,62+,63+,65+,66+/m1/s1. The molecule has 0 aromatic heterocycles. The van der Waals surface area contributed by atoms with Gasteiger partial charge in [0.05, 0.1) is 12.1 Å². The zero-order valence-corrected chi connectivity index (χ0v) is 55.7. The van der Waals surface area contributed by atoms with Crippen molar-refractivity contribution in [3.63, 3.8) is 0 Å². The average molecular weight is 1290 g/mol. The molecule has 0 radical (unpaired) electrons. The fraction of sp³-hybridized carbons (Fsp3) is 0.573. The van der Waals surface area contributed by atoms with E-state index >= 15 is 19.2 Å². The van der Waals surface area contributed by atoms with Gasteiger partial charge in [0.2, 0.25) is 35.4 Å². The maximum absolute atomic E-state index is 15.2. The van der Waals surface area contributed by atoms with Gasteiger partial charge in [-0.3, -0.25) is 38.4 Å². The first-order valence-electron chi connectivity index (χ1n) is 35.2. The number of nitrogens with one attached hydrogen (secondary N) is 7. The van der Waals surface area contributed by atoms with Crippen LogP contribution in [0.3, 0.4) is 0 Å². The van der Waals surface area contributed by atoms with E-state index < -0.39 is 76.9 Å². The number of carbonyl (C=O) groups is 8. The van der Waals surface area contributed by atoms with Crippen molar-refractivity contribution in [3.05, 3.63) is 144 Å². The van der Waals surface area contributed by atoms with Gasteiger partial charge >= 0.3 is 0 Å². The maximum atomic E-state index is 15.2. The third kappa shape index (κ3) is 16.0. The van der Waals surface area contributed by atoms with Gasteiger partial charge in [0.25, 0.3) is 5.91 Å². The van der Waals surface area contributed by atoms with E-state index in [1.54, 1.807) is 23.9 Å². The monoisotopic (exact) mass is 1290 g/mol. The molecule has 4 aliphatic heterocycles. The Morgan fingerprint density at radius 2 is 0.851 bits per heavy atom. The van der Waals surface area contributed by atoms with Crippen LogP contribution in [0.1, 0.15) is 177 Å². The molecular weight excluding hydrogens is 1190 g/mol. The van der Waals surface area contributed by atoms with Gasteiger partial charge in [-0.2, -0.15) is 0 Å². The summed E-state index contributed by atoms with van der Waals surface area (Å²) in [6.07, 6.45) is 16.1. The molecule has 4 saturated heterocycles. The molecule has 508 valence electrons. The number of hydrogen-bond donors (Lipinski definition) is 9. The third-order valence-electron chi connectivity index (χ3n) is 21.6. The summed E-state index contributed by atoms with van der Waals surface area (Å²) in [7, 11) is 3.38. The molecule has 5 aliphatic rings. The largest absolute Gasteiger partial charge is 0.396 e. The molecule has 94 heavy (non-hydrogen) atoms. The Hall–Kier alpha value is -7.32. The zero-order valence-electron chi connectivity index (χ0n) is 55.7. The quantitative estimate of drug-likeness (QED) is 0.0226. The normalized spacial score (nSPS) is 24.6. The number of unbranched alkanes of at least 4 members (excludes halogenated alkanes) is 3. The van der Waals surface area contributed by atoms with E-state index in [2.05, 4.69) is 37.2 Å². The molecule has 0 spiro atoms. The zero-order chi connectivity index (χ0) is 66.8. The first-order valence-corrected chi connectivity index (χ1v) is 35.2. The predicted octanol–water partition coefficient (Wildman–Crippen LogP) is 7.21. The second-order valence-corrected chi connectivity index (χ2v) is 27.1. The first-order chi connectivity index (χ1) is 45.7. The maximum Gasteiger partial charge on any atom is 0.255 e. The Bertz CT molecular complexity index is 2850. The molecule has 0 bridgehead atoms. The fourth-order valence-electron chi connectivity index (χ4n) is 16.1. The number of carbonyl (C=O) groups excluding carboxylic acids is 8. The van der Waals surface area contributed by atoms with Crippen molar-refractivity contribution in [3.8, 4) is 0 Å². The molecule has 9 rings (SSSR count). The van der Waals surface area contributed by atoms with Crippen molar-refractivity contribution in [2.24, 2.45) is 23.7 Å². The summed E-state index contributed by atoms with van der Waals surface area (Å²) in [6.45, 7) is 3.57. The van der Waals surface area contributed by atoms with Crippen LogP contribution in [-0.4, -0.2) is 149 Å². The van der Waals surface area contributed by atoms with Crippen LogP contribution in [0.5, 0.6) is 0 Å². The van der Waals surface area contributed by atoms with Gasteiger partial charge in [0.1, 0.15) is 29.7 Å². The van der Waals surface area contributed by atoms with Gasteiger partial charge < -0.3 is 57.2 Å². The van der Waals surface area contributed by atoms with Crippen molar-refractivity contribution in [1.29, 1.82) is 0 Å². The van der Waals surface area contributed by atoms with E-state index in [9.17, 15) is 29.4 Å². The lowest BCUT2D eigenvalue weighted by Gasteiger charge is -2.38. The van der Waals surface area contributed by atoms with E-state index in [-0.39, 0.29) is 61.1 Å². The van der Waals surface area contributed by atoms with Gasteiger partial charge in [0.15, 0.2) is 11.3 Å². The van der Waals surface area contributed by atoms with E-state index in [0.717, 1.165) is 64.2 Å². The van der Waals surface area contributed by atoms with Gasteiger partial charge in [-0.05, 0) is 125 Å². The highest BCUT2D eigenvalue weighted by Crippen LogP contribution is 2.41. The number of nitrogens with zero attached hydrogens (tertiary/aromatic N) is 2. The van der Waals surface area contributed by atoms with Crippen molar-refractivity contribution in [2.75, 3.05) is 33.9 Å². The van der Waals surface area contributed by atoms with Gasteiger partial charge in [-0.1, -0.05) is 193 Å². The van der Waals surface area contributed by atoms with Crippen LogP contribution in [0.4, 0.5) is 0 Å². The molecular formula is C75H103N9O10. The smallest absolute Gasteiger partial charge is 0.255 e. The number of aliphatic hydroxyl groups excluding tert-OH is 2. The highest BCUT2D eigenvalue weighted by Gasteiger charge is 2.53. The van der Waals surface area contributed by atoms with Crippen LogP contribution >= 0.6 is 0 Å². The number of rotatable bonds is 31. The SMILES string of the molecule is CC[C@H](NC)C(=O)N[C@@H]1C(=O)N2[C@@H](CC[C@@H]1CO)CC[C@H]2C(=O)NC(C(=O)CCCCCC1CCC(CCCCNC(=O)C(NC(=O)[C@@H]2CC[C@@H]3CC[C@H](CO)[C@H](NC(=O)[C@H](CC)NC)C(=O)N32)(c2ccccc2)c2ccccc2)CC1)(c1ccccc1)c1ccccc1. The van der Waals surface area contributed by atoms with E-state index in [1.807, 2.05) is 135 Å². The minimum absolute atomic E-state index is 0.131. The lowest BCUT2D eigenvalue weighted by Crippen LogP contribution is -2.62. The number of benzene rings is 4. The minimum Gasteiger partial charge on any atom is -0.396 e. The average Bonchev–Trinajstić information content (AvgIpc) is 1.09. The molecule has 4 aromatic rings. The topological polar surface area (TPSA) is 268 Å². The molecule has 1 aliphatic carbocycles. The summed E-state index contributed by atoms with van der Waals surface area (Å²) in [4.78, 5) is 120. The summed E-state index contributed by atoms with van der Waals surface area (Å²) >= 11 is 0. The molecule has 19 heteroatoms. The highest BCUT2D eigenvalue weighted by molar-refractivity contribution is 6.01. The number of likely N-dealkylation sites (N-methyl/N-ethyl adjacent to an activating group) is 2. The number of hydrogen-bond acceptors (Lipinski definition) is 12. The number of amides is 7. The van der Waals surface area contributed by atoms with Crippen LogP contribution < -0.4 is 37.2 Å². The molecule has 9 N–H and O–H groups in total. The van der Waals surface area contributed by atoms with Crippen LogP contribution in [-0.2, 0) is 49.4 Å². The second-order valence-electron chi connectivity index (χ2n) is 27.1. The fourth-order valence-corrected chi connectivity index (χ4v) is 16.1. The van der Waals surface area contributed by atoms with E-state index in [0.29, 0.717) is 111 Å². The lowest BCUT2D eigenvalue weighted by atomic mass is 9.76.